The molecule has 5 nitrogen and oxygen atoms in total. The molecular weight excluding hydrogens is 338 g/mol. The normalized spacial score (nSPS) is 14.9. The molecule has 0 amide bonds. The Labute approximate surface area is 140 Å². The fourth-order valence-corrected chi connectivity index (χ4v) is 2.69. The van der Waals surface area contributed by atoms with Gasteiger partial charge in [0.25, 0.3) is 0 Å². The van der Waals surface area contributed by atoms with Crippen molar-refractivity contribution in [3.8, 4) is 0 Å². The van der Waals surface area contributed by atoms with Gasteiger partial charge in [0.05, 0.1) is 18.4 Å². The van der Waals surface area contributed by atoms with Gasteiger partial charge in [0.1, 0.15) is 30.6 Å². The van der Waals surface area contributed by atoms with E-state index in [2.05, 4.69) is 20.1 Å². The predicted octanol–water partition coefficient (Wildman–Crippen LogP) is 3.15. The van der Waals surface area contributed by atoms with Crippen LogP contribution < -0.4 is 0 Å². The van der Waals surface area contributed by atoms with E-state index in [4.69, 9.17) is 0 Å². The van der Waals surface area contributed by atoms with Crippen LogP contribution in [-0.2, 0) is 12.2 Å². The highest BCUT2D eigenvalue weighted by Crippen LogP contribution is 2.43. The molecule has 0 aliphatic rings. The summed E-state index contributed by atoms with van der Waals surface area (Å²) in [6.45, 7) is 0.908. The summed E-state index contributed by atoms with van der Waals surface area (Å²) in [4.78, 5) is 11.0. The summed E-state index contributed by atoms with van der Waals surface area (Å²) in [5, 5.41) is 3.81. The Bertz CT molecular complexity index is 871. The van der Waals surface area contributed by atoms with Crippen LogP contribution in [0.15, 0.2) is 43.4 Å². The second-order valence-electron chi connectivity index (χ2n) is 5.56. The topological polar surface area (TPSA) is 56.5 Å². The SMILES string of the molecule is C[C@H](c1ncncc1F)[C@](F)(Cn1cncn1)c1ccc(F)cc1F. The van der Waals surface area contributed by atoms with E-state index in [1.165, 1.54) is 19.6 Å². The van der Waals surface area contributed by atoms with Crippen molar-refractivity contribution < 1.29 is 17.6 Å². The van der Waals surface area contributed by atoms with Gasteiger partial charge in [0, 0.05) is 17.5 Å². The first kappa shape index (κ1) is 17.0. The van der Waals surface area contributed by atoms with Gasteiger partial charge in [-0.15, -0.1) is 0 Å². The minimum absolute atomic E-state index is 0.221. The molecule has 2 heterocycles. The average Bonchev–Trinajstić information content (AvgIpc) is 3.07. The van der Waals surface area contributed by atoms with Crippen molar-refractivity contribution in [1.29, 1.82) is 0 Å². The maximum Gasteiger partial charge on any atom is 0.166 e. The molecule has 0 fully saturated rings. The first-order valence-electron chi connectivity index (χ1n) is 7.34. The van der Waals surface area contributed by atoms with Crippen LogP contribution in [0.5, 0.6) is 0 Å². The standard InChI is InChI=1S/C16H13F4N5/c1-10(15-14(19)5-21-7-23-15)16(20,6-25-9-22-8-24-25)12-3-2-11(17)4-13(12)18/h2-5,7-10H,6H2,1H3/t10-,16-/m1/s1. The number of halogens is 4. The van der Waals surface area contributed by atoms with Gasteiger partial charge in [-0.3, -0.25) is 0 Å². The van der Waals surface area contributed by atoms with E-state index >= 15 is 4.39 Å². The fraction of sp³-hybridized carbons (Fsp3) is 0.250. The highest BCUT2D eigenvalue weighted by Gasteiger charge is 2.44. The van der Waals surface area contributed by atoms with Crippen LogP contribution >= 0.6 is 0 Å². The molecule has 0 bridgehead atoms. The van der Waals surface area contributed by atoms with E-state index in [-0.39, 0.29) is 5.69 Å². The fourth-order valence-electron chi connectivity index (χ4n) is 2.69. The van der Waals surface area contributed by atoms with Crippen molar-refractivity contribution in [3.63, 3.8) is 0 Å². The van der Waals surface area contributed by atoms with E-state index in [0.717, 1.165) is 29.3 Å². The third-order valence-corrected chi connectivity index (χ3v) is 4.03. The number of nitrogens with zero attached hydrogens (tertiary/aromatic N) is 5. The highest BCUT2D eigenvalue weighted by molar-refractivity contribution is 5.30. The molecule has 0 unspecified atom stereocenters. The molecule has 3 aromatic rings. The van der Waals surface area contributed by atoms with Crippen molar-refractivity contribution in [3.05, 3.63) is 72.1 Å². The lowest BCUT2D eigenvalue weighted by atomic mass is 9.81. The van der Waals surface area contributed by atoms with E-state index in [9.17, 15) is 13.2 Å². The molecule has 0 N–H and O–H groups in total. The lowest BCUT2D eigenvalue weighted by Crippen LogP contribution is -2.35. The molecule has 25 heavy (non-hydrogen) atoms. The second kappa shape index (κ2) is 6.58. The smallest absolute Gasteiger partial charge is 0.166 e. The molecule has 0 spiro atoms. The third kappa shape index (κ3) is 3.21. The van der Waals surface area contributed by atoms with E-state index in [1.807, 2.05) is 0 Å². The molecule has 0 saturated carbocycles. The summed E-state index contributed by atoms with van der Waals surface area (Å²) < 4.78 is 58.8. The van der Waals surface area contributed by atoms with Gasteiger partial charge in [0.15, 0.2) is 11.5 Å². The maximum absolute atomic E-state index is 16.1. The molecule has 0 aliphatic carbocycles. The number of rotatable bonds is 5. The zero-order valence-electron chi connectivity index (χ0n) is 13.1. The van der Waals surface area contributed by atoms with Gasteiger partial charge in [-0.25, -0.2) is 37.2 Å². The van der Waals surface area contributed by atoms with Gasteiger partial charge in [-0.1, -0.05) is 6.92 Å². The summed E-state index contributed by atoms with van der Waals surface area (Å²) in [6.07, 6.45) is 4.41. The maximum atomic E-state index is 16.1. The van der Waals surface area contributed by atoms with Crippen molar-refractivity contribution in [2.45, 2.75) is 25.1 Å². The quantitative estimate of drug-likeness (QED) is 0.663. The minimum Gasteiger partial charge on any atom is -0.249 e. The van der Waals surface area contributed by atoms with Gasteiger partial charge < -0.3 is 0 Å². The van der Waals surface area contributed by atoms with Gasteiger partial charge in [-0.05, 0) is 12.1 Å². The molecule has 2 atom stereocenters. The molecule has 0 radical (unpaired) electrons. The summed E-state index contributed by atoms with van der Waals surface area (Å²) in [5.41, 5.74) is -3.10. The summed E-state index contributed by atoms with van der Waals surface area (Å²) in [5.74, 6) is -3.95. The number of benzene rings is 1. The van der Waals surface area contributed by atoms with Crippen LogP contribution in [0.25, 0.3) is 0 Å². The first-order valence-corrected chi connectivity index (χ1v) is 7.34. The van der Waals surface area contributed by atoms with Crippen LogP contribution in [0.4, 0.5) is 17.6 Å². The van der Waals surface area contributed by atoms with Crippen LogP contribution in [0, 0.1) is 17.5 Å². The van der Waals surface area contributed by atoms with Crippen LogP contribution in [0.2, 0.25) is 0 Å². The third-order valence-electron chi connectivity index (χ3n) is 4.03. The van der Waals surface area contributed by atoms with Crippen LogP contribution in [0.3, 0.4) is 0 Å². The second-order valence-corrected chi connectivity index (χ2v) is 5.56. The summed E-state index contributed by atoms with van der Waals surface area (Å²) >= 11 is 0. The van der Waals surface area contributed by atoms with Crippen molar-refractivity contribution in [2.24, 2.45) is 0 Å². The Morgan fingerprint density at radius 3 is 2.56 bits per heavy atom. The number of alkyl halides is 1. The van der Waals surface area contributed by atoms with Crippen molar-refractivity contribution in [2.75, 3.05) is 0 Å². The Hall–Kier alpha value is -2.84. The number of aromatic nitrogens is 5. The Balaban J connectivity index is 2.13. The van der Waals surface area contributed by atoms with Gasteiger partial charge in [-0.2, -0.15) is 5.10 Å². The molecule has 2 aromatic heterocycles. The highest BCUT2D eigenvalue weighted by atomic mass is 19.2. The largest absolute Gasteiger partial charge is 0.249 e. The monoisotopic (exact) mass is 351 g/mol. The number of hydrogen-bond acceptors (Lipinski definition) is 4. The lowest BCUT2D eigenvalue weighted by molar-refractivity contribution is 0.0906. The Morgan fingerprint density at radius 1 is 1.12 bits per heavy atom. The zero-order chi connectivity index (χ0) is 18.0. The van der Waals surface area contributed by atoms with Crippen molar-refractivity contribution in [1.82, 2.24) is 24.7 Å². The molecule has 0 aliphatic heterocycles. The predicted molar refractivity (Wildman–Crippen MR) is 79.6 cm³/mol. The van der Waals surface area contributed by atoms with Crippen molar-refractivity contribution >= 4 is 0 Å². The Morgan fingerprint density at radius 2 is 1.92 bits per heavy atom. The minimum atomic E-state index is -2.46. The van der Waals surface area contributed by atoms with E-state index < -0.39 is 41.1 Å². The summed E-state index contributed by atoms with van der Waals surface area (Å²) in [6, 6.07) is 2.52. The average molecular weight is 351 g/mol. The zero-order valence-corrected chi connectivity index (χ0v) is 13.1. The number of hydrogen-bond donors (Lipinski definition) is 0. The first-order chi connectivity index (χ1) is 11.9. The van der Waals surface area contributed by atoms with E-state index in [1.54, 1.807) is 0 Å². The molecule has 0 saturated heterocycles. The van der Waals surface area contributed by atoms with Crippen LogP contribution in [0.1, 0.15) is 24.1 Å². The van der Waals surface area contributed by atoms with Gasteiger partial charge in [0.2, 0.25) is 0 Å². The van der Waals surface area contributed by atoms with Gasteiger partial charge >= 0.3 is 0 Å². The van der Waals surface area contributed by atoms with E-state index in [0.29, 0.717) is 6.07 Å². The Kier molecular flexibility index (Phi) is 4.47. The van der Waals surface area contributed by atoms with Crippen LogP contribution in [-0.4, -0.2) is 24.7 Å². The molecular formula is C16H13F4N5. The molecule has 9 heteroatoms. The molecule has 3 rings (SSSR count). The molecule has 1 aromatic carbocycles. The lowest BCUT2D eigenvalue weighted by Gasteiger charge is -2.32. The summed E-state index contributed by atoms with van der Waals surface area (Å²) in [7, 11) is 0. The molecule has 130 valence electrons.